The van der Waals surface area contributed by atoms with Gasteiger partial charge < -0.3 is 19.7 Å². The van der Waals surface area contributed by atoms with E-state index < -0.39 is 5.54 Å². The Morgan fingerprint density at radius 1 is 1.24 bits per heavy atom. The Hall–Kier alpha value is -1.14. The van der Waals surface area contributed by atoms with E-state index in [0.717, 1.165) is 19.3 Å². The molecule has 1 saturated heterocycles. The van der Waals surface area contributed by atoms with Crippen molar-refractivity contribution in [2.75, 3.05) is 33.5 Å². The topological polar surface area (TPSA) is 67.9 Å². The molecule has 1 aliphatic heterocycles. The summed E-state index contributed by atoms with van der Waals surface area (Å²) in [5.41, 5.74) is -0.821. The number of hydrogen-bond donors (Lipinski definition) is 1. The molecule has 120 valence electrons. The van der Waals surface area contributed by atoms with Gasteiger partial charge in [-0.05, 0) is 39.0 Å². The molecule has 0 bridgehead atoms. The third-order valence-electron chi connectivity index (χ3n) is 4.02. The molecule has 1 saturated carbocycles. The second kappa shape index (κ2) is 6.75. The Balaban J connectivity index is 1.89. The minimum Gasteiger partial charge on any atom is -0.385 e. The first-order valence-corrected chi connectivity index (χ1v) is 7.67. The van der Waals surface area contributed by atoms with Gasteiger partial charge >= 0.3 is 0 Å². The summed E-state index contributed by atoms with van der Waals surface area (Å²) in [6.45, 7) is 5.72. The molecule has 1 heterocycles. The fourth-order valence-corrected chi connectivity index (χ4v) is 2.75. The van der Waals surface area contributed by atoms with Crippen LogP contribution in [0.3, 0.4) is 0 Å². The van der Waals surface area contributed by atoms with Crippen LogP contribution >= 0.6 is 0 Å². The SMILES string of the molecule is COCCCOCCN1C(=O)C(C)(C)NC(=O)C1C1CC1. The fraction of sp³-hybridized carbons (Fsp3) is 0.867. The minimum atomic E-state index is -0.821. The van der Waals surface area contributed by atoms with Crippen molar-refractivity contribution < 1.29 is 19.1 Å². The number of amides is 2. The summed E-state index contributed by atoms with van der Waals surface area (Å²) in [5.74, 6) is 0.277. The van der Waals surface area contributed by atoms with Crippen molar-refractivity contribution in [3.05, 3.63) is 0 Å². The van der Waals surface area contributed by atoms with Crippen LogP contribution in [0.25, 0.3) is 0 Å². The van der Waals surface area contributed by atoms with Gasteiger partial charge in [0, 0.05) is 26.9 Å². The highest BCUT2D eigenvalue weighted by atomic mass is 16.5. The molecule has 2 rings (SSSR count). The highest BCUT2D eigenvalue weighted by Gasteiger charge is 2.50. The quantitative estimate of drug-likeness (QED) is 0.665. The normalized spacial score (nSPS) is 25.1. The molecule has 0 spiro atoms. The standard InChI is InChI=1S/C15H26N2O4/c1-15(2)14(19)17(7-10-21-9-4-8-20-3)12(11-5-6-11)13(18)16-15/h11-12H,4-10H2,1-3H3,(H,16,18). The summed E-state index contributed by atoms with van der Waals surface area (Å²) in [6.07, 6.45) is 2.89. The van der Waals surface area contributed by atoms with E-state index in [1.165, 1.54) is 0 Å². The van der Waals surface area contributed by atoms with Crippen LogP contribution in [0, 0.1) is 5.92 Å². The number of rotatable bonds is 8. The molecule has 1 aliphatic carbocycles. The summed E-state index contributed by atoms with van der Waals surface area (Å²) in [7, 11) is 1.66. The summed E-state index contributed by atoms with van der Waals surface area (Å²) >= 11 is 0. The average molecular weight is 298 g/mol. The van der Waals surface area contributed by atoms with Crippen molar-refractivity contribution in [3.8, 4) is 0 Å². The maximum atomic E-state index is 12.5. The third-order valence-corrected chi connectivity index (χ3v) is 4.02. The van der Waals surface area contributed by atoms with E-state index in [4.69, 9.17) is 9.47 Å². The molecule has 2 aliphatic rings. The number of piperazine rings is 1. The average Bonchev–Trinajstić information content (AvgIpc) is 3.23. The van der Waals surface area contributed by atoms with Crippen molar-refractivity contribution in [1.29, 1.82) is 0 Å². The molecule has 0 aromatic rings. The molecule has 0 aromatic carbocycles. The van der Waals surface area contributed by atoms with Gasteiger partial charge in [-0.3, -0.25) is 9.59 Å². The number of nitrogens with zero attached hydrogens (tertiary/aromatic N) is 1. The lowest BCUT2D eigenvalue weighted by atomic mass is 9.95. The fourth-order valence-electron chi connectivity index (χ4n) is 2.75. The van der Waals surface area contributed by atoms with Crippen LogP contribution in [0.2, 0.25) is 0 Å². The molecule has 1 atom stereocenters. The summed E-state index contributed by atoms with van der Waals surface area (Å²) < 4.78 is 10.5. The van der Waals surface area contributed by atoms with E-state index in [2.05, 4.69) is 5.32 Å². The monoisotopic (exact) mass is 298 g/mol. The van der Waals surface area contributed by atoms with E-state index in [1.54, 1.807) is 25.9 Å². The Morgan fingerprint density at radius 3 is 2.57 bits per heavy atom. The molecular weight excluding hydrogens is 272 g/mol. The van der Waals surface area contributed by atoms with E-state index in [0.29, 0.717) is 32.3 Å². The largest absolute Gasteiger partial charge is 0.385 e. The number of ether oxygens (including phenoxy) is 2. The summed E-state index contributed by atoms with van der Waals surface area (Å²) in [4.78, 5) is 26.5. The lowest BCUT2D eigenvalue weighted by Crippen LogP contribution is -2.69. The lowest BCUT2D eigenvalue weighted by Gasteiger charge is -2.43. The zero-order valence-electron chi connectivity index (χ0n) is 13.2. The van der Waals surface area contributed by atoms with Gasteiger partial charge in [0.15, 0.2) is 0 Å². The number of hydrogen-bond acceptors (Lipinski definition) is 4. The van der Waals surface area contributed by atoms with Crippen LogP contribution < -0.4 is 5.32 Å². The van der Waals surface area contributed by atoms with Gasteiger partial charge in [-0.1, -0.05) is 0 Å². The summed E-state index contributed by atoms with van der Waals surface area (Å²) in [6, 6.07) is -0.312. The van der Waals surface area contributed by atoms with Crippen LogP contribution in [0.15, 0.2) is 0 Å². The van der Waals surface area contributed by atoms with E-state index in [9.17, 15) is 9.59 Å². The Morgan fingerprint density at radius 2 is 1.95 bits per heavy atom. The second-order valence-corrected chi connectivity index (χ2v) is 6.35. The molecule has 0 radical (unpaired) electrons. The molecule has 2 fully saturated rings. The first-order valence-electron chi connectivity index (χ1n) is 7.67. The minimum absolute atomic E-state index is 0.0144. The van der Waals surface area contributed by atoms with E-state index in [1.807, 2.05) is 0 Å². The van der Waals surface area contributed by atoms with E-state index in [-0.39, 0.29) is 17.9 Å². The van der Waals surface area contributed by atoms with Crippen LogP contribution in [-0.2, 0) is 19.1 Å². The van der Waals surface area contributed by atoms with Crippen LogP contribution in [0.1, 0.15) is 33.1 Å². The molecule has 0 aromatic heterocycles. The van der Waals surface area contributed by atoms with Crippen LogP contribution in [-0.4, -0.2) is 61.8 Å². The molecular formula is C15H26N2O4. The third kappa shape index (κ3) is 3.95. The lowest BCUT2D eigenvalue weighted by molar-refractivity contribution is -0.155. The zero-order chi connectivity index (χ0) is 15.5. The number of carbonyl (C=O) groups excluding carboxylic acids is 2. The molecule has 1 N–H and O–H groups in total. The molecule has 21 heavy (non-hydrogen) atoms. The zero-order valence-corrected chi connectivity index (χ0v) is 13.2. The van der Waals surface area contributed by atoms with Crippen molar-refractivity contribution >= 4 is 11.8 Å². The number of methoxy groups -OCH3 is 1. The molecule has 6 nitrogen and oxygen atoms in total. The maximum absolute atomic E-state index is 12.5. The van der Waals surface area contributed by atoms with Gasteiger partial charge in [0.1, 0.15) is 11.6 Å². The van der Waals surface area contributed by atoms with Crippen LogP contribution in [0.4, 0.5) is 0 Å². The van der Waals surface area contributed by atoms with Gasteiger partial charge in [0.05, 0.1) is 6.61 Å². The van der Waals surface area contributed by atoms with Crippen molar-refractivity contribution in [3.63, 3.8) is 0 Å². The highest BCUT2D eigenvalue weighted by Crippen LogP contribution is 2.37. The molecule has 6 heteroatoms. The smallest absolute Gasteiger partial charge is 0.248 e. The predicted molar refractivity (Wildman–Crippen MR) is 77.8 cm³/mol. The predicted octanol–water partition coefficient (Wildman–Crippen LogP) is 0.555. The first kappa shape index (κ1) is 16.2. The molecule has 2 amide bonds. The summed E-state index contributed by atoms with van der Waals surface area (Å²) in [5, 5.41) is 2.84. The van der Waals surface area contributed by atoms with Gasteiger partial charge in [-0.25, -0.2) is 0 Å². The Kier molecular flexibility index (Phi) is 5.22. The van der Waals surface area contributed by atoms with Crippen LogP contribution in [0.5, 0.6) is 0 Å². The highest BCUT2D eigenvalue weighted by molar-refractivity contribution is 5.99. The molecule has 1 unspecified atom stereocenters. The van der Waals surface area contributed by atoms with Crippen molar-refractivity contribution in [2.24, 2.45) is 5.92 Å². The number of nitrogens with one attached hydrogen (secondary N) is 1. The van der Waals surface area contributed by atoms with Crippen molar-refractivity contribution in [2.45, 2.75) is 44.7 Å². The van der Waals surface area contributed by atoms with Gasteiger partial charge in [-0.2, -0.15) is 0 Å². The first-order chi connectivity index (χ1) is 9.97. The van der Waals surface area contributed by atoms with Gasteiger partial charge in [0.2, 0.25) is 11.8 Å². The van der Waals surface area contributed by atoms with Gasteiger partial charge in [-0.15, -0.1) is 0 Å². The number of carbonyl (C=O) groups is 2. The van der Waals surface area contributed by atoms with E-state index >= 15 is 0 Å². The Labute approximate surface area is 126 Å². The second-order valence-electron chi connectivity index (χ2n) is 6.35. The maximum Gasteiger partial charge on any atom is 0.248 e. The Bertz CT molecular complexity index is 393. The van der Waals surface area contributed by atoms with Gasteiger partial charge in [0.25, 0.3) is 0 Å². The van der Waals surface area contributed by atoms with Crippen molar-refractivity contribution in [1.82, 2.24) is 10.2 Å².